The van der Waals surface area contributed by atoms with E-state index in [0.29, 0.717) is 11.5 Å². The molecule has 1 N–H and O–H groups in total. The zero-order chi connectivity index (χ0) is 13.2. The predicted octanol–water partition coefficient (Wildman–Crippen LogP) is 4.13. The Kier molecular flexibility index (Phi) is 3.82. The Labute approximate surface area is 112 Å². The van der Waals surface area contributed by atoms with Gasteiger partial charge in [0.1, 0.15) is 0 Å². The van der Waals surface area contributed by atoms with Gasteiger partial charge in [0.15, 0.2) is 0 Å². The molecule has 18 heavy (non-hydrogen) atoms. The Morgan fingerprint density at radius 2 is 1.83 bits per heavy atom. The Morgan fingerprint density at radius 3 is 2.39 bits per heavy atom. The molecule has 0 spiro atoms. The average molecular weight is 245 g/mol. The fourth-order valence-corrected chi connectivity index (χ4v) is 2.66. The lowest BCUT2D eigenvalue weighted by atomic mass is 9.79. The molecule has 1 saturated carbocycles. The molecule has 1 aromatic rings. The summed E-state index contributed by atoms with van der Waals surface area (Å²) < 4.78 is 0. The molecule has 0 heterocycles. The molecule has 1 aromatic carbocycles. The summed E-state index contributed by atoms with van der Waals surface area (Å²) in [4.78, 5) is 0. The van der Waals surface area contributed by atoms with Crippen molar-refractivity contribution in [2.75, 3.05) is 6.54 Å². The highest BCUT2D eigenvalue weighted by Crippen LogP contribution is 2.44. The fourth-order valence-electron chi connectivity index (χ4n) is 2.66. The first-order chi connectivity index (χ1) is 8.41. The van der Waals surface area contributed by atoms with Crippen molar-refractivity contribution in [1.82, 2.24) is 5.32 Å². The smallest absolute Gasteiger partial charge is 0.00472 e. The van der Waals surface area contributed by atoms with Gasteiger partial charge in [-0.3, -0.25) is 0 Å². The Morgan fingerprint density at radius 1 is 1.22 bits per heavy atom. The van der Waals surface area contributed by atoms with E-state index < -0.39 is 0 Å². The van der Waals surface area contributed by atoms with Crippen LogP contribution >= 0.6 is 0 Å². The summed E-state index contributed by atoms with van der Waals surface area (Å²) in [7, 11) is 0. The van der Waals surface area contributed by atoms with E-state index in [1.165, 1.54) is 31.4 Å². The number of hydrogen-bond donors (Lipinski definition) is 1. The highest BCUT2D eigenvalue weighted by molar-refractivity contribution is 5.23. The van der Waals surface area contributed by atoms with Crippen LogP contribution in [-0.4, -0.2) is 12.6 Å². The zero-order valence-corrected chi connectivity index (χ0v) is 12.3. The molecule has 0 amide bonds. The van der Waals surface area contributed by atoms with Crippen molar-refractivity contribution < 1.29 is 0 Å². The average Bonchev–Trinajstić information content (AvgIpc) is 3.06. The van der Waals surface area contributed by atoms with Crippen LogP contribution in [-0.2, 0) is 5.41 Å². The van der Waals surface area contributed by atoms with Crippen molar-refractivity contribution in [1.29, 1.82) is 0 Å². The van der Waals surface area contributed by atoms with Crippen LogP contribution in [0.4, 0.5) is 0 Å². The van der Waals surface area contributed by atoms with Crippen LogP contribution in [0.15, 0.2) is 30.3 Å². The van der Waals surface area contributed by atoms with Crippen molar-refractivity contribution in [3.8, 4) is 0 Å². The topological polar surface area (TPSA) is 12.0 Å². The minimum atomic E-state index is 0.248. The highest BCUT2D eigenvalue weighted by Gasteiger charge is 2.37. The van der Waals surface area contributed by atoms with Gasteiger partial charge in [-0.15, -0.1) is 0 Å². The third-order valence-electron chi connectivity index (χ3n) is 4.35. The summed E-state index contributed by atoms with van der Waals surface area (Å²) in [5, 5.41) is 3.71. The summed E-state index contributed by atoms with van der Waals surface area (Å²) in [5.41, 5.74) is 2.29. The van der Waals surface area contributed by atoms with Crippen LogP contribution in [0.3, 0.4) is 0 Å². The quantitative estimate of drug-likeness (QED) is 0.794. The minimum Gasteiger partial charge on any atom is -0.314 e. The molecule has 1 heteroatoms. The third-order valence-corrected chi connectivity index (χ3v) is 4.35. The molecular weight excluding hydrogens is 218 g/mol. The second-order valence-corrected chi connectivity index (χ2v) is 7.05. The highest BCUT2D eigenvalue weighted by atomic mass is 14.9. The van der Waals surface area contributed by atoms with Crippen LogP contribution in [0.1, 0.15) is 52.5 Å². The second-order valence-electron chi connectivity index (χ2n) is 7.05. The molecule has 100 valence electrons. The van der Waals surface area contributed by atoms with Crippen LogP contribution < -0.4 is 5.32 Å². The van der Waals surface area contributed by atoms with E-state index in [1.54, 1.807) is 0 Å². The number of benzene rings is 1. The van der Waals surface area contributed by atoms with E-state index in [1.807, 2.05) is 0 Å². The Hall–Kier alpha value is -0.820. The van der Waals surface area contributed by atoms with Gasteiger partial charge in [0.25, 0.3) is 0 Å². The second kappa shape index (κ2) is 5.05. The lowest BCUT2D eigenvalue weighted by Gasteiger charge is -2.30. The predicted molar refractivity (Wildman–Crippen MR) is 78.9 cm³/mol. The lowest BCUT2D eigenvalue weighted by Crippen LogP contribution is -2.36. The van der Waals surface area contributed by atoms with Gasteiger partial charge in [-0.25, -0.2) is 0 Å². The van der Waals surface area contributed by atoms with Crippen LogP contribution in [0.5, 0.6) is 0 Å². The zero-order valence-electron chi connectivity index (χ0n) is 12.3. The van der Waals surface area contributed by atoms with Gasteiger partial charge < -0.3 is 5.32 Å². The van der Waals surface area contributed by atoms with Gasteiger partial charge in [-0.05, 0) is 42.6 Å². The Balaban J connectivity index is 1.87. The van der Waals surface area contributed by atoms with Crippen molar-refractivity contribution in [3.63, 3.8) is 0 Å². The van der Waals surface area contributed by atoms with Gasteiger partial charge in [0, 0.05) is 12.6 Å². The standard InChI is InChI=1S/C17H27N/c1-14(18-13-17(4)10-11-17)12-16(2,3)15-8-6-5-7-9-15/h5-9,14,18H,10-13H2,1-4H3. The van der Waals surface area contributed by atoms with Gasteiger partial charge in [-0.1, -0.05) is 51.1 Å². The molecule has 2 rings (SSSR count). The summed E-state index contributed by atoms with van der Waals surface area (Å²) in [6, 6.07) is 11.4. The number of nitrogens with one attached hydrogen (secondary N) is 1. The molecule has 0 radical (unpaired) electrons. The SMILES string of the molecule is CC(CC(C)(C)c1ccccc1)NCC1(C)CC1. The van der Waals surface area contributed by atoms with Gasteiger partial charge in [0.05, 0.1) is 0 Å². The van der Waals surface area contributed by atoms with Crippen molar-refractivity contribution in [3.05, 3.63) is 35.9 Å². The first kappa shape index (κ1) is 13.6. The van der Waals surface area contributed by atoms with E-state index in [-0.39, 0.29) is 5.41 Å². The molecule has 1 fully saturated rings. The Bertz CT molecular complexity index is 376. The maximum Gasteiger partial charge on any atom is 0.00472 e. The molecular formula is C17H27N. The van der Waals surface area contributed by atoms with Gasteiger partial charge in [0.2, 0.25) is 0 Å². The fraction of sp³-hybridized carbons (Fsp3) is 0.647. The van der Waals surface area contributed by atoms with Crippen LogP contribution in [0.2, 0.25) is 0 Å². The van der Waals surface area contributed by atoms with Gasteiger partial charge >= 0.3 is 0 Å². The van der Waals surface area contributed by atoms with Crippen LogP contribution in [0.25, 0.3) is 0 Å². The maximum atomic E-state index is 3.71. The number of rotatable bonds is 6. The first-order valence-corrected chi connectivity index (χ1v) is 7.20. The van der Waals surface area contributed by atoms with Crippen LogP contribution in [0, 0.1) is 5.41 Å². The van der Waals surface area contributed by atoms with E-state index >= 15 is 0 Å². The maximum absolute atomic E-state index is 3.71. The molecule has 1 nitrogen and oxygen atoms in total. The van der Waals surface area contributed by atoms with E-state index in [4.69, 9.17) is 0 Å². The molecule has 0 aromatic heterocycles. The molecule has 1 atom stereocenters. The molecule has 1 aliphatic rings. The minimum absolute atomic E-state index is 0.248. The van der Waals surface area contributed by atoms with Gasteiger partial charge in [-0.2, -0.15) is 0 Å². The normalized spacial score (nSPS) is 19.6. The lowest BCUT2D eigenvalue weighted by molar-refractivity contribution is 0.364. The first-order valence-electron chi connectivity index (χ1n) is 7.20. The van der Waals surface area contributed by atoms with Crippen molar-refractivity contribution in [2.45, 2.75) is 58.4 Å². The third kappa shape index (κ3) is 3.58. The molecule has 1 unspecified atom stereocenters. The molecule has 0 bridgehead atoms. The van der Waals surface area contributed by atoms with E-state index in [0.717, 1.165) is 0 Å². The van der Waals surface area contributed by atoms with Crippen molar-refractivity contribution in [2.24, 2.45) is 5.41 Å². The summed E-state index contributed by atoms with van der Waals surface area (Å²) in [6.07, 6.45) is 3.98. The molecule has 0 saturated heterocycles. The summed E-state index contributed by atoms with van der Waals surface area (Å²) in [6.45, 7) is 10.6. The van der Waals surface area contributed by atoms with Crippen molar-refractivity contribution >= 4 is 0 Å². The van der Waals surface area contributed by atoms with E-state index in [2.05, 4.69) is 63.3 Å². The monoisotopic (exact) mass is 245 g/mol. The molecule has 1 aliphatic carbocycles. The number of hydrogen-bond acceptors (Lipinski definition) is 1. The summed E-state index contributed by atoms with van der Waals surface area (Å²) >= 11 is 0. The largest absolute Gasteiger partial charge is 0.314 e. The molecule has 0 aliphatic heterocycles. The van der Waals surface area contributed by atoms with E-state index in [9.17, 15) is 0 Å². The summed E-state index contributed by atoms with van der Waals surface area (Å²) in [5.74, 6) is 0.